The first-order valence-electron chi connectivity index (χ1n) is 10.5. The molecule has 0 aliphatic carbocycles. The summed E-state index contributed by atoms with van der Waals surface area (Å²) in [6, 6.07) is 12.9. The average molecular weight is 511 g/mol. The molecule has 10 heteroatoms. The number of benzene rings is 2. The van der Waals surface area contributed by atoms with Crippen LogP contribution < -0.4 is 15.5 Å². The van der Waals surface area contributed by atoms with E-state index in [1.54, 1.807) is 12.1 Å². The fourth-order valence-electron chi connectivity index (χ4n) is 3.90. The van der Waals surface area contributed by atoms with Gasteiger partial charge in [-0.1, -0.05) is 11.6 Å². The molecule has 1 aliphatic rings. The maximum atomic E-state index is 13.6. The van der Waals surface area contributed by atoms with Gasteiger partial charge in [0.1, 0.15) is 11.4 Å². The van der Waals surface area contributed by atoms with Crippen LogP contribution in [0.2, 0.25) is 5.02 Å². The molecule has 7 nitrogen and oxygen atoms in total. The number of hydrogen-bond donors (Lipinski definition) is 2. The Bertz CT molecular complexity index is 1430. The van der Waals surface area contributed by atoms with E-state index in [9.17, 15) is 18.8 Å². The minimum Gasteiger partial charge on any atom is -0.326 e. The van der Waals surface area contributed by atoms with E-state index >= 15 is 0 Å². The molecule has 0 saturated carbocycles. The first-order chi connectivity index (χ1) is 16.6. The van der Waals surface area contributed by atoms with E-state index in [1.807, 2.05) is 36.6 Å². The van der Waals surface area contributed by atoms with Crippen molar-refractivity contribution in [1.29, 1.82) is 0 Å². The van der Waals surface area contributed by atoms with Gasteiger partial charge in [0.05, 0.1) is 10.7 Å². The van der Waals surface area contributed by atoms with E-state index in [2.05, 4.69) is 10.6 Å². The Morgan fingerprint density at radius 1 is 1.09 bits per heavy atom. The molecule has 3 aromatic rings. The SMILES string of the molecule is CC(=O)Nc1ccc(-n2c(C)cc(/C=C3\C(=O)NC(=S)N(c4ccc(F)c(Cl)c4)C3=O)c2C)cc1. The fourth-order valence-corrected chi connectivity index (χ4v) is 4.36. The summed E-state index contributed by atoms with van der Waals surface area (Å²) in [6.45, 7) is 5.21. The van der Waals surface area contributed by atoms with Crippen LogP contribution in [0.4, 0.5) is 15.8 Å². The number of thiocarbonyl (C=S) groups is 1. The van der Waals surface area contributed by atoms with Gasteiger partial charge in [0.25, 0.3) is 11.8 Å². The number of nitrogens with one attached hydrogen (secondary N) is 2. The highest BCUT2D eigenvalue weighted by Crippen LogP contribution is 2.28. The fraction of sp³-hybridized carbons (Fsp3) is 0.120. The molecular weight excluding hydrogens is 491 g/mol. The number of amides is 3. The van der Waals surface area contributed by atoms with Gasteiger partial charge in [0, 0.05) is 29.7 Å². The van der Waals surface area contributed by atoms with Gasteiger partial charge in [-0.25, -0.2) is 4.39 Å². The zero-order valence-corrected chi connectivity index (χ0v) is 20.6. The Morgan fingerprint density at radius 2 is 1.74 bits per heavy atom. The van der Waals surface area contributed by atoms with Crippen molar-refractivity contribution in [2.45, 2.75) is 20.8 Å². The lowest BCUT2D eigenvalue weighted by Gasteiger charge is -2.29. The quantitative estimate of drug-likeness (QED) is 0.303. The summed E-state index contributed by atoms with van der Waals surface area (Å²) in [5, 5.41) is 4.94. The highest BCUT2D eigenvalue weighted by Gasteiger charge is 2.35. The number of aryl methyl sites for hydroxylation is 1. The number of halogens is 2. The summed E-state index contributed by atoms with van der Waals surface area (Å²) >= 11 is 11.1. The van der Waals surface area contributed by atoms with Gasteiger partial charge in [-0.05, 0) is 86.2 Å². The van der Waals surface area contributed by atoms with Gasteiger partial charge in [0.15, 0.2) is 5.11 Å². The molecule has 1 saturated heterocycles. The molecule has 0 atom stereocenters. The van der Waals surface area contributed by atoms with Crippen LogP contribution in [-0.4, -0.2) is 27.4 Å². The predicted octanol–water partition coefficient (Wildman–Crippen LogP) is 4.68. The van der Waals surface area contributed by atoms with Crippen LogP contribution in [0.25, 0.3) is 11.8 Å². The Morgan fingerprint density at radius 3 is 2.37 bits per heavy atom. The van der Waals surface area contributed by atoms with Gasteiger partial charge in [-0.2, -0.15) is 0 Å². The van der Waals surface area contributed by atoms with Crippen molar-refractivity contribution < 1.29 is 18.8 Å². The van der Waals surface area contributed by atoms with E-state index in [4.69, 9.17) is 23.8 Å². The number of nitrogens with zero attached hydrogens (tertiary/aromatic N) is 2. The molecular formula is C25H20ClFN4O3S. The number of anilines is 2. The number of aromatic nitrogens is 1. The van der Waals surface area contributed by atoms with Gasteiger partial charge in [-0.15, -0.1) is 0 Å². The summed E-state index contributed by atoms with van der Waals surface area (Å²) in [7, 11) is 0. The monoisotopic (exact) mass is 510 g/mol. The van der Waals surface area contributed by atoms with Crippen LogP contribution in [0.15, 0.2) is 54.1 Å². The number of rotatable bonds is 4. The van der Waals surface area contributed by atoms with Crippen molar-refractivity contribution in [3.05, 3.63) is 81.9 Å². The molecule has 178 valence electrons. The van der Waals surface area contributed by atoms with Crippen molar-refractivity contribution in [3.8, 4) is 5.69 Å². The minimum atomic E-state index is -0.647. The van der Waals surface area contributed by atoms with Crippen molar-refractivity contribution in [2.24, 2.45) is 0 Å². The van der Waals surface area contributed by atoms with E-state index in [1.165, 1.54) is 25.1 Å². The second-order valence-corrected chi connectivity index (χ2v) is 8.74. The number of hydrogen-bond acceptors (Lipinski definition) is 4. The molecule has 3 amide bonds. The summed E-state index contributed by atoms with van der Waals surface area (Å²) in [6.07, 6.45) is 1.50. The molecule has 0 spiro atoms. The van der Waals surface area contributed by atoms with E-state index < -0.39 is 17.6 Å². The summed E-state index contributed by atoms with van der Waals surface area (Å²) in [4.78, 5) is 38.3. The Balaban J connectivity index is 1.71. The third-order valence-electron chi connectivity index (χ3n) is 5.48. The first-order valence-corrected chi connectivity index (χ1v) is 11.3. The highest BCUT2D eigenvalue weighted by molar-refractivity contribution is 7.80. The Labute approximate surface area is 211 Å². The standard InChI is InChI=1S/C25H20ClFN4O3S/c1-13-10-16(14(2)30(13)18-6-4-17(5-7-18)28-15(3)32)11-20-23(33)29-25(35)31(24(20)34)19-8-9-22(27)21(26)12-19/h4-12H,1-3H3,(H,28,32)(H,29,33,35)/b20-11+. The van der Waals surface area contributed by atoms with Crippen molar-refractivity contribution in [1.82, 2.24) is 9.88 Å². The third-order valence-corrected chi connectivity index (χ3v) is 6.05. The van der Waals surface area contributed by atoms with Crippen molar-refractivity contribution >= 4 is 64.1 Å². The maximum absolute atomic E-state index is 13.6. The molecule has 2 N–H and O–H groups in total. The van der Waals surface area contributed by atoms with Crippen molar-refractivity contribution in [2.75, 3.05) is 10.2 Å². The topological polar surface area (TPSA) is 83.4 Å². The van der Waals surface area contributed by atoms with Crippen LogP contribution in [0.5, 0.6) is 0 Å². The minimum absolute atomic E-state index is 0.121. The Kier molecular flexibility index (Phi) is 6.56. The van der Waals surface area contributed by atoms with Gasteiger partial charge >= 0.3 is 0 Å². The zero-order chi connectivity index (χ0) is 25.4. The predicted molar refractivity (Wildman–Crippen MR) is 137 cm³/mol. The summed E-state index contributed by atoms with van der Waals surface area (Å²) < 4.78 is 15.6. The van der Waals surface area contributed by atoms with Crippen LogP contribution in [-0.2, 0) is 14.4 Å². The Hall–Kier alpha value is -3.82. The lowest BCUT2D eigenvalue weighted by atomic mass is 10.1. The molecule has 4 rings (SSSR count). The summed E-state index contributed by atoms with van der Waals surface area (Å²) in [5.74, 6) is -2.07. The second-order valence-electron chi connectivity index (χ2n) is 7.95. The molecule has 1 aliphatic heterocycles. The summed E-state index contributed by atoms with van der Waals surface area (Å²) in [5.41, 5.74) is 3.98. The molecule has 0 bridgehead atoms. The third kappa shape index (κ3) is 4.73. The second kappa shape index (κ2) is 9.44. The molecule has 2 heterocycles. The normalized spacial score (nSPS) is 14.9. The van der Waals surface area contributed by atoms with Gasteiger partial charge in [-0.3, -0.25) is 24.6 Å². The van der Waals surface area contributed by atoms with Crippen LogP contribution in [0.1, 0.15) is 23.9 Å². The van der Waals surface area contributed by atoms with Crippen LogP contribution in [0, 0.1) is 19.7 Å². The molecule has 1 aromatic heterocycles. The van der Waals surface area contributed by atoms with E-state index in [0.717, 1.165) is 28.0 Å². The smallest absolute Gasteiger partial charge is 0.270 e. The highest BCUT2D eigenvalue weighted by atomic mass is 35.5. The number of carbonyl (C=O) groups excluding carboxylic acids is 3. The maximum Gasteiger partial charge on any atom is 0.270 e. The molecule has 0 radical (unpaired) electrons. The lowest BCUT2D eigenvalue weighted by molar-refractivity contribution is -0.122. The zero-order valence-electron chi connectivity index (χ0n) is 19.0. The van der Waals surface area contributed by atoms with Crippen molar-refractivity contribution in [3.63, 3.8) is 0 Å². The molecule has 35 heavy (non-hydrogen) atoms. The van der Waals surface area contributed by atoms with Gasteiger partial charge < -0.3 is 9.88 Å². The van der Waals surface area contributed by atoms with E-state index in [-0.39, 0.29) is 27.3 Å². The van der Waals surface area contributed by atoms with Crippen LogP contribution in [0.3, 0.4) is 0 Å². The van der Waals surface area contributed by atoms with Crippen LogP contribution >= 0.6 is 23.8 Å². The first kappa shape index (κ1) is 24.3. The van der Waals surface area contributed by atoms with E-state index in [0.29, 0.717) is 11.3 Å². The average Bonchev–Trinajstić information content (AvgIpc) is 3.06. The van der Waals surface area contributed by atoms with Gasteiger partial charge in [0.2, 0.25) is 5.91 Å². The largest absolute Gasteiger partial charge is 0.326 e. The molecule has 1 fully saturated rings. The molecule has 2 aromatic carbocycles. The number of carbonyl (C=O) groups is 3. The lowest BCUT2D eigenvalue weighted by Crippen LogP contribution is -2.54. The molecule has 0 unspecified atom stereocenters.